The summed E-state index contributed by atoms with van der Waals surface area (Å²) in [6, 6.07) is 5.63. The van der Waals surface area contributed by atoms with E-state index in [9.17, 15) is 9.59 Å². The van der Waals surface area contributed by atoms with E-state index >= 15 is 0 Å². The number of aryl methyl sites for hydroxylation is 1. The van der Waals surface area contributed by atoms with Gasteiger partial charge in [-0.3, -0.25) is 9.59 Å². The van der Waals surface area contributed by atoms with Gasteiger partial charge in [-0.2, -0.15) is 0 Å². The van der Waals surface area contributed by atoms with Crippen LogP contribution >= 0.6 is 0 Å². The Morgan fingerprint density at radius 2 is 1.96 bits per heavy atom. The summed E-state index contributed by atoms with van der Waals surface area (Å²) in [5.41, 5.74) is 7.38. The molecule has 3 rings (SSSR count). The first-order chi connectivity index (χ1) is 11.0. The van der Waals surface area contributed by atoms with Crippen molar-refractivity contribution in [3.05, 3.63) is 29.3 Å². The molecule has 23 heavy (non-hydrogen) atoms. The number of amides is 2. The Kier molecular flexibility index (Phi) is 4.37. The summed E-state index contributed by atoms with van der Waals surface area (Å²) in [5.74, 6) is -0.319. The maximum absolute atomic E-state index is 12.5. The molecular formula is C17H23N3O3. The largest absolute Gasteiger partial charge is 0.381 e. The van der Waals surface area contributed by atoms with Gasteiger partial charge < -0.3 is 21.1 Å². The highest BCUT2D eigenvalue weighted by molar-refractivity contribution is 6.01. The minimum Gasteiger partial charge on any atom is -0.381 e. The monoisotopic (exact) mass is 317 g/mol. The molecule has 1 aromatic carbocycles. The molecule has 0 unspecified atom stereocenters. The predicted octanol–water partition coefficient (Wildman–Crippen LogP) is 1.33. The Hall–Kier alpha value is -1.92. The Balaban J connectivity index is 1.73. The van der Waals surface area contributed by atoms with Gasteiger partial charge in [-0.05, 0) is 50.3 Å². The van der Waals surface area contributed by atoms with Crippen LogP contribution in [0.15, 0.2) is 18.2 Å². The molecule has 1 aliphatic carbocycles. The van der Waals surface area contributed by atoms with Gasteiger partial charge in [0.15, 0.2) is 0 Å². The van der Waals surface area contributed by atoms with Crippen molar-refractivity contribution >= 4 is 17.5 Å². The highest BCUT2D eigenvalue weighted by Gasteiger charge is 2.36. The summed E-state index contributed by atoms with van der Waals surface area (Å²) in [6.45, 7) is 2.88. The molecule has 4 N–H and O–H groups in total. The van der Waals surface area contributed by atoms with E-state index in [2.05, 4.69) is 10.6 Å². The summed E-state index contributed by atoms with van der Waals surface area (Å²) in [4.78, 5) is 24.7. The van der Waals surface area contributed by atoms with Crippen molar-refractivity contribution in [1.29, 1.82) is 0 Å². The molecule has 6 nitrogen and oxygen atoms in total. The molecule has 6 heteroatoms. The van der Waals surface area contributed by atoms with E-state index in [1.807, 2.05) is 13.0 Å². The molecule has 2 aliphatic rings. The molecule has 1 saturated carbocycles. The molecule has 0 aromatic heterocycles. The van der Waals surface area contributed by atoms with Crippen LogP contribution in [0, 0.1) is 6.92 Å². The second-order valence-electron chi connectivity index (χ2n) is 6.50. The van der Waals surface area contributed by atoms with Crippen molar-refractivity contribution in [2.24, 2.45) is 5.73 Å². The van der Waals surface area contributed by atoms with Gasteiger partial charge in [0.05, 0.1) is 0 Å². The van der Waals surface area contributed by atoms with Gasteiger partial charge in [0, 0.05) is 30.5 Å². The fourth-order valence-electron chi connectivity index (χ4n) is 2.60. The Bertz CT molecular complexity index is 620. The van der Waals surface area contributed by atoms with Crippen LogP contribution in [0.5, 0.6) is 0 Å². The fraction of sp³-hybridized carbons (Fsp3) is 0.529. The number of hydrogen-bond donors (Lipinski definition) is 3. The minimum atomic E-state index is -0.906. The standard InChI is InChI=1S/C17H23N3O3/c1-11-2-3-12(15(21)19-13-4-5-13)10-14(11)20-16(22)17(18)6-8-23-9-7-17/h2-3,10,13H,4-9,18H2,1H3,(H,19,21)(H,20,22). The summed E-state index contributed by atoms with van der Waals surface area (Å²) in [6.07, 6.45) is 3.08. The second-order valence-corrected chi connectivity index (χ2v) is 6.50. The predicted molar refractivity (Wildman–Crippen MR) is 87.3 cm³/mol. The highest BCUT2D eigenvalue weighted by Crippen LogP contribution is 2.24. The van der Waals surface area contributed by atoms with E-state index in [-0.39, 0.29) is 11.8 Å². The number of carbonyl (C=O) groups is 2. The minimum absolute atomic E-state index is 0.100. The molecule has 1 aromatic rings. The van der Waals surface area contributed by atoms with Crippen molar-refractivity contribution in [3.8, 4) is 0 Å². The molecule has 0 bridgehead atoms. The summed E-state index contributed by atoms with van der Waals surface area (Å²) in [5, 5.41) is 5.83. The molecule has 0 radical (unpaired) electrons. The average molecular weight is 317 g/mol. The van der Waals surface area contributed by atoms with Crippen molar-refractivity contribution in [2.45, 2.75) is 44.2 Å². The van der Waals surface area contributed by atoms with Gasteiger partial charge in [0.1, 0.15) is 5.54 Å². The van der Waals surface area contributed by atoms with Crippen LogP contribution < -0.4 is 16.4 Å². The number of nitrogens with two attached hydrogens (primary N) is 1. The summed E-state index contributed by atoms with van der Waals surface area (Å²) >= 11 is 0. The van der Waals surface area contributed by atoms with Crippen LogP contribution in [0.3, 0.4) is 0 Å². The molecule has 0 atom stereocenters. The second kappa shape index (κ2) is 6.29. The lowest BCUT2D eigenvalue weighted by Crippen LogP contribution is -2.54. The van der Waals surface area contributed by atoms with Crippen LogP contribution in [0.25, 0.3) is 0 Å². The van der Waals surface area contributed by atoms with E-state index in [0.29, 0.717) is 43.3 Å². The van der Waals surface area contributed by atoms with E-state index in [0.717, 1.165) is 18.4 Å². The quantitative estimate of drug-likeness (QED) is 0.781. The summed E-state index contributed by atoms with van der Waals surface area (Å²) in [7, 11) is 0. The first-order valence-electron chi connectivity index (χ1n) is 8.07. The number of rotatable bonds is 4. The van der Waals surface area contributed by atoms with Crippen LogP contribution in [-0.4, -0.2) is 36.6 Å². The number of carbonyl (C=O) groups excluding carboxylic acids is 2. The number of benzene rings is 1. The number of hydrogen-bond acceptors (Lipinski definition) is 4. The van der Waals surface area contributed by atoms with Crippen molar-refractivity contribution in [3.63, 3.8) is 0 Å². The first-order valence-corrected chi connectivity index (χ1v) is 8.07. The van der Waals surface area contributed by atoms with E-state index in [1.54, 1.807) is 12.1 Å². The molecular weight excluding hydrogens is 294 g/mol. The van der Waals surface area contributed by atoms with E-state index < -0.39 is 5.54 Å². The van der Waals surface area contributed by atoms with Crippen LogP contribution in [0.4, 0.5) is 5.69 Å². The van der Waals surface area contributed by atoms with Gasteiger partial charge in [-0.1, -0.05) is 6.07 Å². The third-order valence-corrected chi connectivity index (χ3v) is 4.50. The zero-order valence-electron chi connectivity index (χ0n) is 13.4. The van der Waals surface area contributed by atoms with Gasteiger partial charge in [0.2, 0.25) is 5.91 Å². The fourth-order valence-corrected chi connectivity index (χ4v) is 2.60. The molecule has 124 valence electrons. The third kappa shape index (κ3) is 3.71. The zero-order chi connectivity index (χ0) is 16.4. The first kappa shape index (κ1) is 16.0. The number of nitrogens with one attached hydrogen (secondary N) is 2. The molecule has 1 heterocycles. The smallest absolute Gasteiger partial charge is 0.251 e. The Morgan fingerprint density at radius 3 is 2.61 bits per heavy atom. The third-order valence-electron chi connectivity index (χ3n) is 4.50. The van der Waals surface area contributed by atoms with E-state index in [1.165, 1.54) is 0 Å². The summed E-state index contributed by atoms with van der Waals surface area (Å²) < 4.78 is 5.27. The van der Waals surface area contributed by atoms with E-state index in [4.69, 9.17) is 10.5 Å². The average Bonchev–Trinajstić information content (AvgIpc) is 3.34. The molecule has 2 amide bonds. The SMILES string of the molecule is Cc1ccc(C(=O)NC2CC2)cc1NC(=O)C1(N)CCOCC1. The molecule has 1 saturated heterocycles. The van der Waals surface area contributed by atoms with Gasteiger partial charge in [-0.15, -0.1) is 0 Å². The van der Waals surface area contributed by atoms with Crippen LogP contribution in [0.1, 0.15) is 41.6 Å². The van der Waals surface area contributed by atoms with Gasteiger partial charge >= 0.3 is 0 Å². The maximum Gasteiger partial charge on any atom is 0.251 e. The maximum atomic E-state index is 12.5. The van der Waals surface area contributed by atoms with Crippen LogP contribution in [-0.2, 0) is 9.53 Å². The lowest BCUT2D eigenvalue weighted by Gasteiger charge is -2.32. The lowest BCUT2D eigenvalue weighted by molar-refractivity contribution is -0.124. The highest BCUT2D eigenvalue weighted by atomic mass is 16.5. The Labute approximate surface area is 135 Å². The van der Waals surface area contributed by atoms with Crippen molar-refractivity contribution < 1.29 is 14.3 Å². The molecule has 2 fully saturated rings. The van der Waals surface area contributed by atoms with Gasteiger partial charge in [0.25, 0.3) is 5.91 Å². The van der Waals surface area contributed by atoms with Gasteiger partial charge in [-0.25, -0.2) is 0 Å². The lowest BCUT2D eigenvalue weighted by atomic mass is 9.90. The topological polar surface area (TPSA) is 93.5 Å². The number of anilines is 1. The normalized spacial score (nSPS) is 19.9. The zero-order valence-corrected chi connectivity index (χ0v) is 13.4. The van der Waals surface area contributed by atoms with Crippen molar-refractivity contribution in [1.82, 2.24) is 5.32 Å². The van der Waals surface area contributed by atoms with Crippen molar-refractivity contribution in [2.75, 3.05) is 18.5 Å². The molecule has 0 spiro atoms. The van der Waals surface area contributed by atoms with Crippen LogP contribution in [0.2, 0.25) is 0 Å². The molecule has 1 aliphatic heterocycles. The Morgan fingerprint density at radius 1 is 1.26 bits per heavy atom. The number of ether oxygens (including phenoxy) is 1.